The molecule has 2 N–H and O–H groups in total. The molecule has 2 rings (SSSR count). The van der Waals surface area contributed by atoms with E-state index in [9.17, 15) is 0 Å². The average Bonchev–Trinajstić information content (AvgIpc) is 2.97. The van der Waals surface area contributed by atoms with Crippen molar-refractivity contribution in [3.05, 3.63) is 35.9 Å². The highest BCUT2D eigenvalue weighted by Crippen LogP contribution is 2.43. The second-order valence-electron chi connectivity index (χ2n) is 4.36. The Morgan fingerprint density at radius 2 is 1.93 bits per heavy atom. The number of benzene rings is 1. The highest BCUT2D eigenvalue weighted by Gasteiger charge is 2.42. The molecule has 76 valence electrons. The highest BCUT2D eigenvalue weighted by molar-refractivity contribution is 5.27. The summed E-state index contributed by atoms with van der Waals surface area (Å²) in [6, 6.07) is 11.6. The van der Waals surface area contributed by atoms with E-state index >= 15 is 0 Å². The molecule has 1 fully saturated rings. The fraction of sp³-hybridized carbons (Fsp3) is 0.500. The Bertz CT molecular complexity index is 294. The lowest BCUT2D eigenvalue weighted by Gasteiger charge is -2.20. The van der Waals surface area contributed by atoms with Gasteiger partial charge in [0, 0.05) is 18.0 Å². The van der Waals surface area contributed by atoms with Crippen LogP contribution < -0.4 is 5.84 Å². The number of nitrogens with two attached hydrogens (primary N) is 1. The fourth-order valence-corrected chi connectivity index (χ4v) is 1.95. The van der Waals surface area contributed by atoms with Crippen molar-refractivity contribution < 1.29 is 0 Å². The van der Waals surface area contributed by atoms with Crippen LogP contribution in [-0.2, 0) is 0 Å². The van der Waals surface area contributed by atoms with Crippen molar-refractivity contribution in [2.75, 3.05) is 0 Å². The molecule has 2 heteroatoms. The predicted octanol–water partition coefficient (Wildman–Crippen LogP) is 2.13. The van der Waals surface area contributed by atoms with E-state index in [1.807, 2.05) is 5.01 Å². The highest BCUT2D eigenvalue weighted by atomic mass is 15.4. The van der Waals surface area contributed by atoms with Gasteiger partial charge in [-0.05, 0) is 25.8 Å². The Balaban J connectivity index is 2.00. The average molecular weight is 190 g/mol. The van der Waals surface area contributed by atoms with Crippen molar-refractivity contribution in [2.24, 2.45) is 5.84 Å². The molecule has 0 aromatic heterocycles. The Morgan fingerprint density at radius 1 is 1.29 bits per heavy atom. The van der Waals surface area contributed by atoms with Crippen LogP contribution in [0.2, 0.25) is 0 Å². The molecule has 1 aliphatic rings. The first kappa shape index (κ1) is 9.69. The van der Waals surface area contributed by atoms with Crippen LogP contribution in [0, 0.1) is 0 Å². The third-order valence-electron chi connectivity index (χ3n) is 2.96. The number of hydrogen-bond donors (Lipinski definition) is 1. The third-order valence-corrected chi connectivity index (χ3v) is 2.96. The first-order chi connectivity index (χ1) is 6.70. The smallest absolute Gasteiger partial charge is 0.0319 e. The van der Waals surface area contributed by atoms with Gasteiger partial charge in [0.25, 0.3) is 0 Å². The molecule has 1 aromatic carbocycles. The van der Waals surface area contributed by atoms with Crippen molar-refractivity contribution in [3.8, 4) is 0 Å². The van der Waals surface area contributed by atoms with Crippen molar-refractivity contribution in [2.45, 2.75) is 38.3 Å². The van der Waals surface area contributed by atoms with Gasteiger partial charge in [-0.15, -0.1) is 0 Å². The van der Waals surface area contributed by atoms with E-state index in [1.165, 1.54) is 12.0 Å². The standard InChI is InChI=1S/C12H18N2/c1-9(2)14(13)12-8-11(12)10-6-4-3-5-7-10/h3-7,9,11-12H,8,13H2,1-2H3. The molecule has 0 spiro atoms. The van der Waals surface area contributed by atoms with Crippen molar-refractivity contribution in [3.63, 3.8) is 0 Å². The van der Waals surface area contributed by atoms with Crippen LogP contribution in [0.3, 0.4) is 0 Å². The van der Waals surface area contributed by atoms with Crippen LogP contribution in [0.25, 0.3) is 0 Å². The minimum absolute atomic E-state index is 0.439. The van der Waals surface area contributed by atoms with Crippen LogP contribution in [0.5, 0.6) is 0 Å². The summed E-state index contributed by atoms with van der Waals surface area (Å²) in [6.07, 6.45) is 1.21. The van der Waals surface area contributed by atoms with Gasteiger partial charge in [0.1, 0.15) is 0 Å². The van der Waals surface area contributed by atoms with Crippen molar-refractivity contribution >= 4 is 0 Å². The summed E-state index contributed by atoms with van der Waals surface area (Å²) in [7, 11) is 0. The Morgan fingerprint density at radius 3 is 2.50 bits per heavy atom. The molecule has 0 radical (unpaired) electrons. The van der Waals surface area contributed by atoms with Gasteiger partial charge in [-0.2, -0.15) is 0 Å². The van der Waals surface area contributed by atoms with E-state index < -0.39 is 0 Å². The van der Waals surface area contributed by atoms with E-state index in [1.54, 1.807) is 0 Å². The molecule has 0 bridgehead atoms. The van der Waals surface area contributed by atoms with Crippen LogP contribution in [0.4, 0.5) is 0 Å². The molecule has 0 heterocycles. The van der Waals surface area contributed by atoms with E-state index in [0.717, 1.165) is 0 Å². The lowest BCUT2D eigenvalue weighted by molar-refractivity contribution is 0.213. The predicted molar refractivity (Wildman–Crippen MR) is 58.8 cm³/mol. The van der Waals surface area contributed by atoms with Crippen LogP contribution in [0.15, 0.2) is 30.3 Å². The third kappa shape index (κ3) is 1.81. The summed E-state index contributed by atoms with van der Waals surface area (Å²) in [4.78, 5) is 0. The first-order valence-corrected chi connectivity index (χ1v) is 5.28. The molecular weight excluding hydrogens is 172 g/mol. The molecule has 1 aromatic rings. The molecule has 2 unspecified atom stereocenters. The molecule has 0 saturated heterocycles. The molecule has 2 nitrogen and oxygen atoms in total. The Hall–Kier alpha value is -0.860. The minimum Gasteiger partial charge on any atom is -0.268 e. The fourth-order valence-electron chi connectivity index (χ4n) is 1.95. The van der Waals surface area contributed by atoms with E-state index in [-0.39, 0.29) is 0 Å². The summed E-state index contributed by atoms with van der Waals surface area (Å²) >= 11 is 0. The van der Waals surface area contributed by atoms with Gasteiger partial charge >= 0.3 is 0 Å². The van der Waals surface area contributed by atoms with Gasteiger partial charge in [-0.3, -0.25) is 5.84 Å². The zero-order chi connectivity index (χ0) is 10.1. The maximum atomic E-state index is 5.98. The summed E-state index contributed by atoms with van der Waals surface area (Å²) in [6.45, 7) is 4.28. The van der Waals surface area contributed by atoms with E-state index in [0.29, 0.717) is 18.0 Å². The first-order valence-electron chi connectivity index (χ1n) is 5.28. The van der Waals surface area contributed by atoms with Crippen molar-refractivity contribution in [1.29, 1.82) is 0 Å². The molecule has 0 aliphatic heterocycles. The number of hydrogen-bond acceptors (Lipinski definition) is 2. The zero-order valence-electron chi connectivity index (χ0n) is 8.85. The quantitative estimate of drug-likeness (QED) is 0.584. The molecule has 1 saturated carbocycles. The molecule has 14 heavy (non-hydrogen) atoms. The van der Waals surface area contributed by atoms with Gasteiger partial charge in [-0.25, -0.2) is 5.01 Å². The SMILES string of the molecule is CC(C)N(N)C1CC1c1ccccc1. The molecule has 0 amide bonds. The molecule has 2 atom stereocenters. The monoisotopic (exact) mass is 190 g/mol. The Labute approximate surface area is 85.7 Å². The zero-order valence-corrected chi connectivity index (χ0v) is 8.85. The maximum Gasteiger partial charge on any atom is 0.0319 e. The summed E-state index contributed by atoms with van der Waals surface area (Å²) in [5.41, 5.74) is 1.42. The largest absolute Gasteiger partial charge is 0.268 e. The topological polar surface area (TPSA) is 29.3 Å². The summed E-state index contributed by atoms with van der Waals surface area (Å²) < 4.78 is 0. The molecule has 1 aliphatic carbocycles. The second-order valence-corrected chi connectivity index (χ2v) is 4.36. The number of rotatable bonds is 3. The summed E-state index contributed by atoms with van der Waals surface area (Å²) in [5, 5.41) is 1.98. The molecular formula is C12H18N2. The van der Waals surface area contributed by atoms with Crippen LogP contribution in [-0.4, -0.2) is 17.1 Å². The lowest BCUT2D eigenvalue weighted by Crippen LogP contribution is -2.39. The van der Waals surface area contributed by atoms with Gasteiger partial charge < -0.3 is 0 Å². The van der Waals surface area contributed by atoms with E-state index in [2.05, 4.69) is 44.2 Å². The minimum atomic E-state index is 0.439. The van der Waals surface area contributed by atoms with Gasteiger partial charge in [0.2, 0.25) is 0 Å². The van der Waals surface area contributed by atoms with E-state index in [4.69, 9.17) is 5.84 Å². The van der Waals surface area contributed by atoms with Crippen molar-refractivity contribution in [1.82, 2.24) is 5.01 Å². The van der Waals surface area contributed by atoms with Crippen LogP contribution >= 0.6 is 0 Å². The maximum absolute atomic E-state index is 5.98. The normalized spacial score (nSPS) is 25.8. The summed E-state index contributed by atoms with van der Waals surface area (Å²) in [5.74, 6) is 6.64. The Kier molecular flexibility index (Phi) is 2.57. The van der Waals surface area contributed by atoms with Gasteiger partial charge in [0.15, 0.2) is 0 Å². The second kappa shape index (κ2) is 3.71. The van der Waals surface area contributed by atoms with Crippen LogP contribution in [0.1, 0.15) is 31.7 Å². The number of nitrogens with zero attached hydrogens (tertiary/aromatic N) is 1. The number of hydrazine groups is 1. The van der Waals surface area contributed by atoms with Gasteiger partial charge in [-0.1, -0.05) is 30.3 Å². The van der Waals surface area contributed by atoms with Gasteiger partial charge in [0.05, 0.1) is 0 Å². The lowest BCUT2D eigenvalue weighted by atomic mass is 10.1.